The molecule has 0 aliphatic rings. The van der Waals surface area contributed by atoms with Crippen LogP contribution in [0.1, 0.15) is 88.1 Å². The Hall–Kier alpha value is -2.51. The van der Waals surface area contributed by atoms with Crippen molar-refractivity contribution in [2.24, 2.45) is 0 Å². The first-order valence-electron chi connectivity index (χ1n) is 13.8. The van der Waals surface area contributed by atoms with E-state index in [-0.39, 0.29) is 0 Å². The summed E-state index contributed by atoms with van der Waals surface area (Å²) in [6, 6.07) is 20.9. The van der Waals surface area contributed by atoms with Crippen LogP contribution in [0.5, 0.6) is 17.2 Å². The fraction of sp³-hybridized carbons (Fsp3) is 0.438. The van der Waals surface area contributed by atoms with Crippen molar-refractivity contribution in [1.29, 1.82) is 0 Å². The van der Waals surface area contributed by atoms with Crippen LogP contribution in [-0.4, -0.2) is 0 Å². The van der Waals surface area contributed by atoms with Crippen LogP contribution in [0.15, 0.2) is 60.7 Å². The Balaban J connectivity index is 1.94. The quantitative estimate of drug-likeness (QED) is 0.152. The molecule has 0 unspecified atom stereocenters. The van der Waals surface area contributed by atoms with Crippen LogP contribution in [0.3, 0.4) is 0 Å². The number of hydrogen-bond donors (Lipinski definition) is 0. The van der Waals surface area contributed by atoms with Crippen molar-refractivity contribution in [2.45, 2.75) is 92.4 Å². The predicted molar refractivity (Wildman–Crippen MR) is 153 cm³/mol. The normalized spacial score (nSPS) is 11.1. The minimum Gasteiger partial charge on any atom is -0.408 e. The van der Waals surface area contributed by atoms with Crippen LogP contribution in [0.2, 0.25) is 0 Å². The Morgan fingerprint density at radius 3 is 1.53 bits per heavy atom. The van der Waals surface area contributed by atoms with Gasteiger partial charge in [-0.1, -0.05) is 96.3 Å². The second-order valence-electron chi connectivity index (χ2n) is 9.12. The first-order valence-corrected chi connectivity index (χ1v) is 14.9. The highest BCUT2D eigenvalue weighted by molar-refractivity contribution is 7.43. The van der Waals surface area contributed by atoms with Crippen molar-refractivity contribution in [3.05, 3.63) is 88.5 Å². The third-order valence-electron chi connectivity index (χ3n) is 6.72. The molecule has 3 rings (SSSR count). The third kappa shape index (κ3) is 7.50. The van der Waals surface area contributed by atoms with Crippen LogP contribution in [0, 0.1) is 0 Å². The fourth-order valence-corrected chi connectivity index (χ4v) is 5.81. The molecule has 0 fully saturated rings. The van der Waals surface area contributed by atoms with E-state index in [1.165, 1.54) is 47.1 Å². The maximum atomic E-state index is 6.58. The minimum absolute atomic E-state index is 0.855. The standard InChI is InChI=1S/C32H43O3P/c1-6-11-12-13-18-27-19-14-15-22-30(27)33-36(34-31-23-16-20-25(7-2)28(31)9-4)35-32-24-17-21-26(8-3)29(32)10-5/h14-17,19-24H,6-13,18H2,1-5H3. The maximum Gasteiger partial charge on any atom is 0.530 e. The summed E-state index contributed by atoms with van der Waals surface area (Å²) in [4.78, 5) is 0. The SMILES string of the molecule is CCCCCCc1ccccc1OP(Oc1cccc(CC)c1CC)Oc1cccc(CC)c1CC. The van der Waals surface area contributed by atoms with Gasteiger partial charge in [-0.15, -0.1) is 0 Å². The van der Waals surface area contributed by atoms with E-state index >= 15 is 0 Å². The van der Waals surface area contributed by atoms with Crippen LogP contribution in [0.4, 0.5) is 0 Å². The summed E-state index contributed by atoms with van der Waals surface area (Å²) < 4.78 is 19.7. The first-order chi connectivity index (χ1) is 17.6. The maximum absolute atomic E-state index is 6.58. The number of rotatable bonds is 15. The fourth-order valence-electron chi connectivity index (χ4n) is 4.70. The molecule has 0 heterocycles. The van der Waals surface area contributed by atoms with Gasteiger partial charge in [-0.05, 0) is 84.5 Å². The van der Waals surface area contributed by atoms with E-state index < -0.39 is 8.60 Å². The Bertz CT molecular complexity index is 1020. The van der Waals surface area contributed by atoms with Gasteiger partial charge in [0.25, 0.3) is 0 Å². The highest BCUT2D eigenvalue weighted by Crippen LogP contribution is 2.46. The second-order valence-corrected chi connectivity index (χ2v) is 10.1. The highest BCUT2D eigenvalue weighted by atomic mass is 31.2. The molecule has 0 aliphatic carbocycles. The molecule has 0 radical (unpaired) electrons. The lowest BCUT2D eigenvalue weighted by molar-refractivity contribution is 0.382. The van der Waals surface area contributed by atoms with Gasteiger partial charge in [0.2, 0.25) is 0 Å². The lowest BCUT2D eigenvalue weighted by Gasteiger charge is -2.23. The lowest BCUT2D eigenvalue weighted by atomic mass is 10.0. The van der Waals surface area contributed by atoms with E-state index in [0.717, 1.165) is 55.8 Å². The summed E-state index contributed by atoms with van der Waals surface area (Å²) in [6.07, 6.45) is 9.64. The van der Waals surface area contributed by atoms with E-state index in [4.69, 9.17) is 13.6 Å². The van der Waals surface area contributed by atoms with E-state index in [1.807, 2.05) is 24.3 Å². The van der Waals surface area contributed by atoms with Gasteiger partial charge in [-0.25, -0.2) is 0 Å². The molecular formula is C32H43O3P. The summed E-state index contributed by atoms with van der Waals surface area (Å²) >= 11 is 0. The summed E-state index contributed by atoms with van der Waals surface area (Å²) in [7, 11) is -1.71. The average Bonchev–Trinajstić information content (AvgIpc) is 2.91. The molecule has 3 aromatic carbocycles. The zero-order valence-electron chi connectivity index (χ0n) is 22.8. The molecular weight excluding hydrogens is 463 g/mol. The molecule has 0 atom stereocenters. The van der Waals surface area contributed by atoms with Crippen molar-refractivity contribution in [2.75, 3.05) is 0 Å². The number of para-hydroxylation sites is 1. The lowest BCUT2D eigenvalue weighted by Crippen LogP contribution is -2.07. The van der Waals surface area contributed by atoms with Gasteiger partial charge < -0.3 is 13.6 Å². The van der Waals surface area contributed by atoms with Crippen molar-refractivity contribution in [1.82, 2.24) is 0 Å². The molecule has 36 heavy (non-hydrogen) atoms. The van der Waals surface area contributed by atoms with Gasteiger partial charge in [-0.2, -0.15) is 0 Å². The average molecular weight is 507 g/mol. The largest absolute Gasteiger partial charge is 0.530 e. The van der Waals surface area contributed by atoms with Crippen LogP contribution >= 0.6 is 8.60 Å². The smallest absolute Gasteiger partial charge is 0.408 e. The Kier molecular flexibility index (Phi) is 11.6. The molecule has 0 amide bonds. The van der Waals surface area contributed by atoms with Crippen LogP contribution in [-0.2, 0) is 32.1 Å². The van der Waals surface area contributed by atoms with E-state index in [0.29, 0.717) is 0 Å². The number of aryl methyl sites for hydroxylation is 3. The molecule has 194 valence electrons. The molecule has 0 aliphatic heterocycles. The molecule has 3 aromatic rings. The molecule has 0 aromatic heterocycles. The third-order valence-corrected chi connectivity index (χ3v) is 7.76. The Labute approximate surface area is 220 Å². The minimum atomic E-state index is -1.71. The van der Waals surface area contributed by atoms with Crippen LogP contribution < -0.4 is 13.6 Å². The molecule has 0 saturated carbocycles. The molecule has 3 nitrogen and oxygen atoms in total. The van der Waals surface area contributed by atoms with Gasteiger partial charge in [0.15, 0.2) is 0 Å². The zero-order valence-corrected chi connectivity index (χ0v) is 23.7. The van der Waals surface area contributed by atoms with E-state index in [9.17, 15) is 0 Å². The van der Waals surface area contributed by atoms with E-state index in [2.05, 4.69) is 71.0 Å². The molecule has 0 N–H and O–H groups in total. The molecule has 4 heteroatoms. The van der Waals surface area contributed by atoms with Gasteiger partial charge >= 0.3 is 8.60 Å². The van der Waals surface area contributed by atoms with Gasteiger partial charge in [0, 0.05) is 0 Å². The number of hydrogen-bond acceptors (Lipinski definition) is 3. The summed E-state index contributed by atoms with van der Waals surface area (Å²) in [5.41, 5.74) is 6.28. The molecule has 0 spiro atoms. The zero-order chi connectivity index (χ0) is 25.8. The van der Waals surface area contributed by atoms with Crippen molar-refractivity contribution in [3.63, 3.8) is 0 Å². The van der Waals surface area contributed by atoms with Crippen molar-refractivity contribution < 1.29 is 13.6 Å². The van der Waals surface area contributed by atoms with Crippen molar-refractivity contribution >= 4 is 8.60 Å². The molecule has 0 saturated heterocycles. The number of benzene rings is 3. The molecule has 0 bridgehead atoms. The Morgan fingerprint density at radius 2 is 1.00 bits per heavy atom. The topological polar surface area (TPSA) is 27.7 Å². The van der Waals surface area contributed by atoms with Crippen LogP contribution in [0.25, 0.3) is 0 Å². The predicted octanol–water partition coefficient (Wildman–Crippen LogP) is 9.82. The summed E-state index contributed by atoms with van der Waals surface area (Å²) in [5, 5.41) is 0. The van der Waals surface area contributed by atoms with Gasteiger partial charge in [0.1, 0.15) is 17.2 Å². The first kappa shape index (κ1) is 28.1. The Morgan fingerprint density at radius 1 is 0.500 bits per heavy atom. The summed E-state index contributed by atoms with van der Waals surface area (Å²) in [6.45, 7) is 11.0. The monoisotopic (exact) mass is 506 g/mol. The van der Waals surface area contributed by atoms with Crippen molar-refractivity contribution in [3.8, 4) is 17.2 Å². The van der Waals surface area contributed by atoms with E-state index in [1.54, 1.807) is 0 Å². The number of unbranched alkanes of at least 4 members (excludes halogenated alkanes) is 3. The highest BCUT2D eigenvalue weighted by Gasteiger charge is 2.24. The van der Waals surface area contributed by atoms with Gasteiger partial charge in [-0.3, -0.25) is 0 Å². The van der Waals surface area contributed by atoms with Gasteiger partial charge in [0.05, 0.1) is 0 Å². The second kappa shape index (κ2) is 14.9. The summed E-state index contributed by atoms with van der Waals surface area (Å²) in [5.74, 6) is 2.57.